The van der Waals surface area contributed by atoms with Crippen LogP contribution in [-0.4, -0.2) is 48.7 Å². The van der Waals surface area contributed by atoms with Gasteiger partial charge in [-0.15, -0.1) is 0 Å². The molecule has 4 heteroatoms. The molecule has 0 aromatic carbocycles. The van der Waals surface area contributed by atoms with E-state index in [2.05, 4.69) is 36.0 Å². The summed E-state index contributed by atoms with van der Waals surface area (Å²) in [5, 5.41) is 3.76. The average molecular weight is 336 g/mol. The number of hydrogen-bond acceptors (Lipinski definition) is 2. The third-order valence-electron chi connectivity index (χ3n) is 5.88. The fourth-order valence-electron chi connectivity index (χ4n) is 4.61. The molecule has 1 N–H and O–H groups in total. The molecule has 3 aliphatic rings. The Bertz CT molecular complexity index is 429. The van der Waals surface area contributed by atoms with E-state index in [0.29, 0.717) is 12.1 Å². The molecule has 1 aliphatic heterocycles. The largest absolute Gasteiger partial charge is 0.372 e. The molecule has 0 aromatic rings. The molecule has 4 nitrogen and oxygen atoms in total. The normalized spacial score (nSPS) is 30.5. The SMILES string of the molecule is CN=C(NC1CC1C1CCCCC1)N1CCC(OC(C)(C)C)CC1. The zero-order chi connectivity index (χ0) is 17.2. The average Bonchev–Trinajstić information content (AvgIpc) is 3.32. The summed E-state index contributed by atoms with van der Waals surface area (Å²) in [4.78, 5) is 6.99. The highest BCUT2D eigenvalue weighted by Gasteiger charge is 2.44. The molecule has 0 radical (unpaired) electrons. The van der Waals surface area contributed by atoms with Crippen LogP contribution in [0.15, 0.2) is 4.99 Å². The van der Waals surface area contributed by atoms with Gasteiger partial charge in [-0.2, -0.15) is 0 Å². The van der Waals surface area contributed by atoms with E-state index in [1.165, 1.54) is 38.5 Å². The minimum absolute atomic E-state index is 0.0337. The number of rotatable bonds is 3. The summed E-state index contributed by atoms with van der Waals surface area (Å²) in [7, 11) is 1.93. The van der Waals surface area contributed by atoms with E-state index in [9.17, 15) is 0 Å². The highest BCUT2D eigenvalue weighted by Crippen LogP contribution is 2.44. The molecule has 1 saturated heterocycles. The Morgan fingerprint density at radius 3 is 2.29 bits per heavy atom. The van der Waals surface area contributed by atoms with Gasteiger partial charge in [0, 0.05) is 26.2 Å². The zero-order valence-corrected chi connectivity index (χ0v) is 16.2. The van der Waals surface area contributed by atoms with Gasteiger partial charge in [-0.3, -0.25) is 4.99 Å². The van der Waals surface area contributed by atoms with Crippen molar-refractivity contribution in [3.8, 4) is 0 Å². The van der Waals surface area contributed by atoms with Crippen LogP contribution in [0.25, 0.3) is 0 Å². The second-order valence-corrected chi connectivity index (χ2v) is 9.01. The van der Waals surface area contributed by atoms with Gasteiger partial charge in [0.25, 0.3) is 0 Å². The van der Waals surface area contributed by atoms with Gasteiger partial charge in [-0.25, -0.2) is 0 Å². The Hall–Kier alpha value is -0.770. The zero-order valence-electron chi connectivity index (χ0n) is 16.2. The fraction of sp³-hybridized carbons (Fsp3) is 0.950. The first-order chi connectivity index (χ1) is 11.5. The van der Waals surface area contributed by atoms with Gasteiger partial charge in [0.05, 0.1) is 11.7 Å². The Labute approximate surface area is 148 Å². The van der Waals surface area contributed by atoms with E-state index >= 15 is 0 Å². The molecule has 0 bridgehead atoms. The summed E-state index contributed by atoms with van der Waals surface area (Å²) in [6.45, 7) is 8.57. The lowest BCUT2D eigenvalue weighted by Gasteiger charge is -2.37. The summed E-state index contributed by atoms with van der Waals surface area (Å²) in [5.74, 6) is 3.00. The van der Waals surface area contributed by atoms with Crippen LogP contribution in [0.5, 0.6) is 0 Å². The van der Waals surface area contributed by atoms with Crippen LogP contribution in [0.4, 0.5) is 0 Å². The van der Waals surface area contributed by atoms with E-state index in [1.54, 1.807) is 0 Å². The quantitative estimate of drug-likeness (QED) is 0.629. The summed E-state index contributed by atoms with van der Waals surface area (Å²) in [6.07, 6.45) is 11.2. The predicted octanol–water partition coefficient (Wildman–Crippen LogP) is 3.81. The smallest absolute Gasteiger partial charge is 0.193 e. The summed E-state index contributed by atoms with van der Waals surface area (Å²) in [6, 6.07) is 0.676. The lowest BCUT2D eigenvalue weighted by molar-refractivity contribution is -0.0772. The van der Waals surface area contributed by atoms with Gasteiger partial charge in [0.1, 0.15) is 0 Å². The van der Waals surface area contributed by atoms with Crippen LogP contribution in [-0.2, 0) is 4.74 Å². The molecule has 2 unspecified atom stereocenters. The molecule has 1 heterocycles. The number of guanidine groups is 1. The lowest BCUT2D eigenvalue weighted by atomic mass is 9.85. The van der Waals surface area contributed by atoms with Gasteiger partial charge in [0.15, 0.2) is 5.96 Å². The van der Waals surface area contributed by atoms with Gasteiger partial charge >= 0.3 is 0 Å². The first-order valence-corrected chi connectivity index (χ1v) is 10.1. The molecular formula is C20H37N3O. The predicted molar refractivity (Wildman–Crippen MR) is 100 cm³/mol. The second kappa shape index (κ2) is 7.63. The van der Waals surface area contributed by atoms with Crippen molar-refractivity contribution in [1.29, 1.82) is 0 Å². The van der Waals surface area contributed by atoms with Gasteiger partial charge in [-0.1, -0.05) is 32.1 Å². The third kappa shape index (κ3) is 4.87. The Kier molecular flexibility index (Phi) is 5.74. The Morgan fingerprint density at radius 1 is 1.04 bits per heavy atom. The van der Waals surface area contributed by atoms with Crippen LogP contribution in [0.1, 0.15) is 72.1 Å². The van der Waals surface area contributed by atoms with Crippen molar-refractivity contribution in [2.75, 3.05) is 20.1 Å². The maximum Gasteiger partial charge on any atom is 0.193 e. The van der Waals surface area contributed by atoms with Crippen molar-refractivity contribution in [2.45, 2.75) is 89.9 Å². The fourth-order valence-corrected chi connectivity index (χ4v) is 4.61. The molecule has 138 valence electrons. The number of nitrogens with one attached hydrogen (secondary N) is 1. The standard InChI is InChI=1S/C20H37N3O/c1-20(2,3)24-16-10-12-23(13-11-16)19(21-4)22-18-14-17(18)15-8-6-5-7-9-15/h15-18H,5-14H2,1-4H3,(H,21,22). The number of nitrogens with zero attached hydrogens (tertiary/aromatic N) is 2. The van der Waals surface area contributed by atoms with Crippen molar-refractivity contribution < 1.29 is 4.74 Å². The van der Waals surface area contributed by atoms with E-state index in [0.717, 1.165) is 43.7 Å². The van der Waals surface area contributed by atoms with Crippen LogP contribution in [0.2, 0.25) is 0 Å². The monoisotopic (exact) mass is 335 g/mol. The van der Waals surface area contributed by atoms with Crippen molar-refractivity contribution in [2.24, 2.45) is 16.8 Å². The van der Waals surface area contributed by atoms with E-state index in [1.807, 2.05) is 7.05 Å². The molecular weight excluding hydrogens is 298 g/mol. The first-order valence-electron chi connectivity index (χ1n) is 10.1. The minimum Gasteiger partial charge on any atom is -0.372 e. The summed E-state index contributed by atoms with van der Waals surface area (Å²) >= 11 is 0. The van der Waals surface area contributed by atoms with Gasteiger partial charge in [-0.05, 0) is 51.9 Å². The first kappa shape index (κ1) is 18.0. The van der Waals surface area contributed by atoms with Crippen molar-refractivity contribution in [3.63, 3.8) is 0 Å². The van der Waals surface area contributed by atoms with Crippen LogP contribution in [0.3, 0.4) is 0 Å². The molecule has 3 fully saturated rings. The van der Waals surface area contributed by atoms with E-state index in [4.69, 9.17) is 4.74 Å². The van der Waals surface area contributed by atoms with Crippen molar-refractivity contribution in [3.05, 3.63) is 0 Å². The molecule has 2 saturated carbocycles. The molecule has 3 rings (SSSR count). The highest BCUT2D eigenvalue weighted by molar-refractivity contribution is 5.80. The van der Waals surface area contributed by atoms with Crippen LogP contribution < -0.4 is 5.32 Å². The Balaban J connectivity index is 1.43. The van der Waals surface area contributed by atoms with Crippen molar-refractivity contribution >= 4 is 5.96 Å². The molecule has 2 atom stereocenters. The highest BCUT2D eigenvalue weighted by atomic mass is 16.5. The van der Waals surface area contributed by atoms with Gasteiger partial charge < -0.3 is 15.0 Å². The van der Waals surface area contributed by atoms with Gasteiger partial charge in [0.2, 0.25) is 0 Å². The number of aliphatic imine (C=N–C) groups is 1. The van der Waals surface area contributed by atoms with E-state index < -0.39 is 0 Å². The number of likely N-dealkylation sites (tertiary alicyclic amines) is 1. The number of hydrogen-bond donors (Lipinski definition) is 1. The molecule has 24 heavy (non-hydrogen) atoms. The van der Waals surface area contributed by atoms with E-state index in [-0.39, 0.29) is 5.60 Å². The number of piperidine rings is 1. The maximum absolute atomic E-state index is 6.14. The summed E-state index contributed by atoms with van der Waals surface area (Å²) in [5.41, 5.74) is -0.0337. The molecule has 0 spiro atoms. The van der Waals surface area contributed by atoms with Crippen molar-refractivity contribution in [1.82, 2.24) is 10.2 Å². The summed E-state index contributed by atoms with van der Waals surface area (Å²) < 4.78 is 6.14. The third-order valence-corrected chi connectivity index (χ3v) is 5.88. The lowest BCUT2D eigenvalue weighted by Crippen LogP contribution is -2.48. The second-order valence-electron chi connectivity index (χ2n) is 9.01. The Morgan fingerprint density at radius 2 is 1.71 bits per heavy atom. The molecule has 0 amide bonds. The molecule has 0 aromatic heterocycles. The van der Waals surface area contributed by atoms with Crippen LogP contribution in [0, 0.1) is 11.8 Å². The topological polar surface area (TPSA) is 36.9 Å². The molecule has 2 aliphatic carbocycles. The van der Waals surface area contributed by atoms with Crippen LogP contribution >= 0.6 is 0 Å². The maximum atomic E-state index is 6.14. The minimum atomic E-state index is -0.0337. The number of ether oxygens (including phenoxy) is 1.